The van der Waals surface area contributed by atoms with E-state index in [0.29, 0.717) is 11.6 Å². The van der Waals surface area contributed by atoms with Crippen molar-refractivity contribution in [3.63, 3.8) is 0 Å². The minimum absolute atomic E-state index is 0.0177. The lowest BCUT2D eigenvalue weighted by molar-refractivity contribution is 0.168. The van der Waals surface area contributed by atoms with E-state index in [4.69, 9.17) is 5.11 Å². The van der Waals surface area contributed by atoms with E-state index in [0.717, 1.165) is 6.54 Å². The van der Waals surface area contributed by atoms with E-state index >= 15 is 0 Å². The Kier molecular flexibility index (Phi) is 6.47. The molecule has 0 unspecified atom stereocenters. The molecule has 20 heavy (non-hydrogen) atoms. The smallest absolute Gasteiger partial charge is 0.108 e. The zero-order chi connectivity index (χ0) is 14.2. The normalized spacial score (nSPS) is 17.7. The number of aliphatic hydroxyl groups is 1. The highest BCUT2D eigenvalue weighted by molar-refractivity contribution is 4.89. The van der Waals surface area contributed by atoms with Crippen LogP contribution in [0.1, 0.15) is 51.1 Å². The van der Waals surface area contributed by atoms with Crippen LogP contribution in [0, 0.1) is 5.92 Å². The van der Waals surface area contributed by atoms with Crippen LogP contribution in [0.2, 0.25) is 0 Å². The SMILES string of the molecule is CCCCCCN1CCC(Cn2cc(CO)nn2)CC1. The second-order valence-electron chi connectivity index (χ2n) is 5.94. The van der Waals surface area contributed by atoms with Crippen molar-refractivity contribution in [2.24, 2.45) is 5.92 Å². The largest absolute Gasteiger partial charge is 0.390 e. The molecule has 0 saturated carbocycles. The first-order chi connectivity index (χ1) is 9.81. The number of aromatic nitrogens is 3. The van der Waals surface area contributed by atoms with Crippen LogP contribution in [0.5, 0.6) is 0 Å². The molecule has 5 nitrogen and oxygen atoms in total. The van der Waals surface area contributed by atoms with E-state index in [1.165, 1.54) is 58.2 Å². The number of aliphatic hydroxyl groups excluding tert-OH is 1. The molecule has 1 aliphatic heterocycles. The molecule has 2 rings (SSSR count). The Morgan fingerprint density at radius 3 is 2.70 bits per heavy atom. The Morgan fingerprint density at radius 2 is 2.05 bits per heavy atom. The summed E-state index contributed by atoms with van der Waals surface area (Å²) in [6.07, 6.45) is 9.77. The molecule has 0 aromatic carbocycles. The lowest BCUT2D eigenvalue weighted by Gasteiger charge is -2.31. The lowest BCUT2D eigenvalue weighted by atomic mass is 9.96. The van der Waals surface area contributed by atoms with Gasteiger partial charge < -0.3 is 10.0 Å². The first kappa shape index (κ1) is 15.4. The molecule has 0 spiro atoms. The summed E-state index contributed by atoms with van der Waals surface area (Å²) in [5.74, 6) is 0.704. The molecule has 2 heterocycles. The molecule has 1 saturated heterocycles. The zero-order valence-corrected chi connectivity index (χ0v) is 12.7. The Labute approximate surface area is 122 Å². The van der Waals surface area contributed by atoms with Gasteiger partial charge in [0.15, 0.2) is 0 Å². The molecular weight excluding hydrogens is 252 g/mol. The van der Waals surface area contributed by atoms with Crippen molar-refractivity contribution in [2.45, 2.75) is 58.6 Å². The van der Waals surface area contributed by atoms with Crippen LogP contribution >= 0.6 is 0 Å². The monoisotopic (exact) mass is 280 g/mol. The molecule has 0 amide bonds. The summed E-state index contributed by atoms with van der Waals surface area (Å²) < 4.78 is 1.88. The molecule has 114 valence electrons. The van der Waals surface area contributed by atoms with Crippen molar-refractivity contribution in [1.82, 2.24) is 19.9 Å². The maximum absolute atomic E-state index is 8.99. The van der Waals surface area contributed by atoms with Gasteiger partial charge in [0, 0.05) is 6.54 Å². The number of rotatable bonds is 8. The number of nitrogens with zero attached hydrogens (tertiary/aromatic N) is 4. The summed E-state index contributed by atoms with van der Waals surface area (Å²) >= 11 is 0. The lowest BCUT2D eigenvalue weighted by Crippen LogP contribution is -2.35. The van der Waals surface area contributed by atoms with E-state index in [1.54, 1.807) is 0 Å². The van der Waals surface area contributed by atoms with Crippen LogP contribution in [0.3, 0.4) is 0 Å². The van der Waals surface area contributed by atoms with E-state index in [1.807, 2.05) is 10.9 Å². The maximum atomic E-state index is 8.99. The molecule has 5 heteroatoms. The predicted molar refractivity (Wildman–Crippen MR) is 79.3 cm³/mol. The minimum atomic E-state index is -0.0177. The minimum Gasteiger partial charge on any atom is -0.390 e. The molecule has 1 N–H and O–H groups in total. The average Bonchev–Trinajstić information content (AvgIpc) is 2.93. The second kappa shape index (κ2) is 8.37. The van der Waals surface area contributed by atoms with Crippen molar-refractivity contribution in [1.29, 1.82) is 0 Å². The van der Waals surface area contributed by atoms with Gasteiger partial charge in [-0.2, -0.15) is 0 Å². The fourth-order valence-electron chi connectivity index (χ4n) is 2.92. The predicted octanol–water partition coefficient (Wildman–Crippen LogP) is 2.06. The van der Waals surface area contributed by atoms with E-state index < -0.39 is 0 Å². The topological polar surface area (TPSA) is 54.2 Å². The number of hydrogen-bond donors (Lipinski definition) is 1. The highest BCUT2D eigenvalue weighted by Crippen LogP contribution is 2.19. The van der Waals surface area contributed by atoms with Gasteiger partial charge in [0.05, 0.1) is 12.8 Å². The molecule has 0 bridgehead atoms. The Balaban J connectivity index is 1.63. The van der Waals surface area contributed by atoms with E-state index in [-0.39, 0.29) is 6.61 Å². The molecule has 1 aliphatic rings. The molecule has 0 radical (unpaired) electrons. The van der Waals surface area contributed by atoms with Gasteiger partial charge in [-0.05, 0) is 44.8 Å². The Bertz CT molecular complexity index is 372. The van der Waals surface area contributed by atoms with Crippen LogP contribution in [0.25, 0.3) is 0 Å². The standard InChI is InChI=1S/C15H28N4O/c1-2-3-4-5-8-18-9-6-14(7-10-18)11-19-12-15(13-20)16-17-19/h12,14,20H,2-11,13H2,1H3. The van der Waals surface area contributed by atoms with Crippen LogP contribution in [-0.2, 0) is 13.2 Å². The van der Waals surface area contributed by atoms with Crippen molar-refractivity contribution >= 4 is 0 Å². The van der Waals surface area contributed by atoms with Crippen LogP contribution in [0.4, 0.5) is 0 Å². The molecule has 0 atom stereocenters. The number of hydrogen-bond acceptors (Lipinski definition) is 4. The molecule has 1 fully saturated rings. The maximum Gasteiger partial charge on any atom is 0.108 e. The fraction of sp³-hybridized carbons (Fsp3) is 0.867. The van der Waals surface area contributed by atoms with Crippen molar-refractivity contribution < 1.29 is 5.11 Å². The van der Waals surface area contributed by atoms with Crippen LogP contribution in [0.15, 0.2) is 6.20 Å². The first-order valence-electron chi connectivity index (χ1n) is 8.04. The van der Waals surface area contributed by atoms with Gasteiger partial charge in [-0.15, -0.1) is 5.10 Å². The summed E-state index contributed by atoms with van der Waals surface area (Å²) in [5, 5.41) is 17.0. The first-order valence-corrected chi connectivity index (χ1v) is 8.04. The Hall–Kier alpha value is -0.940. The number of likely N-dealkylation sites (tertiary alicyclic amines) is 1. The summed E-state index contributed by atoms with van der Waals surface area (Å²) in [7, 11) is 0. The van der Waals surface area contributed by atoms with Crippen molar-refractivity contribution in [3.8, 4) is 0 Å². The fourth-order valence-corrected chi connectivity index (χ4v) is 2.92. The van der Waals surface area contributed by atoms with Gasteiger partial charge in [0.2, 0.25) is 0 Å². The Morgan fingerprint density at radius 1 is 1.25 bits per heavy atom. The third-order valence-corrected chi connectivity index (χ3v) is 4.23. The van der Waals surface area contributed by atoms with Crippen LogP contribution < -0.4 is 0 Å². The highest BCUT2D eigenvalue weighted by atomic mass is 16.3. The van der Waals surface area contributed by atoms with Gasteiger partial charge in [-0.1, -0.05) is 31.4 Å². The third kappa shape index (κ3) is 4.87. The van der Waals surface area contributed by atoms with E-state index in [9.17, 15) is 0 Å². The van der Waals surface area contributed by atoms with Crippen molar-refractivity contribution in [3.05, 3.63) is 11.9 Å². The second-order valence-corrected chi connectivity index (χ2v) is 5.94. The summed E-state index contributed by atoms with van der Waals surface area (Å²) in [4.78, 5) is 2.60. The van der Waals surface area contributed by atoms with Gasteiger partial charge >= 0.3 is 0 Å². The van der Waals surface area contributed by atoms with E-state index in [2.05, 4.69) is 22.1 Å². The zero-order valence-electron chi connectivity index (χ0n) is 12.7. The van der Waals surface area contributed by atoms with Crippen LogP contribution in [-0.4, -0.2) is 44.6 Å². The highest BCUT2D eigenvalue weighted by Gasteiger charge is 2.19. The summed E-state index contributed by atoms with van der Waals surface area (Å²) in [5.41, 5.74) is 0.665. The number of unbranched alkanes of at least 4 members (excludes halogenated alkanes) is 3. The van der Waals surface area contributed by atoms with Crippen molar-refractivity contribution in [2.75, 3.05) is 19.6 Å². The molecule has 1 aromatic rings. The van der Waals surface area contributed by atoms with Gasteiger partial charge in [0.1, 0.15) is 5.69 Å². The quantitative estimate of drug-likeness (QED) is 0.741. The molecule has 0 aliphatic carbocycles. The third-order valence-electron chi connectivity index (χ3n) is 4.23. The summed E-state index contributed by atoms with van der Waals surface area (Å²) in [6, 6.07) is 0. The summed E-state index contributed by atoms with van der Waals surface area (Å²) in [6.45, 7) is 6.89. The number of piperidine rings is 1. The molecular formula is C15H28N4O. The van der Waals surface area contributed by atoms with Gasteiger partial charge in [-0.25, -0.2) is 0 Å². The molecule has 1 aromatic heterocycles. The average molecular weight is 280 g/mol. The van der Waals surface area contributed by atoms with Gasteiger partial charge in [0.25, 0.3) is 0 Å². The van der Waals surface area contributed by atoms with Gasteiger partial charge in [-0.3, -0.25) is 4.68 Å².